The van der Waals surface area contributed by atoms with Crippen LogP contribution in [0.2, 0.25) is 5.02 Å². The maximum atomic E-state index is 13.9. The zero-order chi connectivity index (χ0) is 30.3. The number of carbonyl (C=O) groups is 2. The maximum Gasteiger partial charge on any atom is 0.333 e. The number of ketones is 1. The summed E-state index contributed by atoms with van der Waals surface area (Å²) in [5.74, 6) is -2.78. The Morgan fingerprint density at radius 2 is 1.72 bits per heavy atom. The van der Waals surface area contributed by atoms with Crippen molar-refractivity contribution in [3.05, 3.63) is 115 Å². The number of benzene rings is 3. The van der Waals surface area contributed by atoms with Gasteiger partial charge in [0.15, 0.2) is 5.78 Å². The van der Waals surface area contributed by atoms with Crippen molar-refractivity contribution in [2.75, 3.05) is 6.54 Å². The average molecular weight is 671 g/mol. The van der Waals surface area contributed by atoms with Gasteiger partial charge >= 0.3 is 5.69 Å². The molecule has 11 heteroatoms. The van der Waals surface area contributed by atoms with Gasteiger partial charge in [0.2, 0.25) is 0 Å². The molecule has 0 N–H and O–H groups in total. The van der Waals surface area contributed by atoms with Crippen LogP contribution in [0.4, 0.5) is 8.78 Å². The molecule has 1 amide bonds. The van der Waals surface area contributed by atoms with Gasteiger partial charge in [-0.15, -0.1) is 0 Å². The maximum absolute atomic E-state index is 13.9. The number of amides is 1. The van der Waals surface area contributed by atoms with Gasteiger partial charge in [0.05, 0.1) is 22.9 Å². The first-order chi connectivity index (χ1) is 20.6. The quantitative estimate of drug-likeness (QED) is 0.196. The molecule has 43 heavy (non-hydrogen) atoms. The van der Waals surface area contributed by atoms with Gasteiger partial charge in [-0.2, -0.15) is 0 Å². The number of hydrogen-bond acceptors (Lipinski definition) is 4. The molecule has 0 atom stereocenters. The number of halogens is 4. The molecule has 0 radical (unpaired) electrons. The van der Waals surface area contributed by atoms with Crippen molar-refractivity contribution in [1.29, 1.82) is 0 Å². The molecular weight excluding hydrogens is 644 g/mol. The second-order valence-corrected chi connectivity index (χ2v) is 12.1. The van der Waals surface area contributed by atoms with Crippen LogP contribution in [-0.4, -0.2) is 44.3 Å². The van der Waals surface area contributed by atoms with Crippen LogP contribution in [0.3, 0.4) is 0 Å². The molecule has 4 aromatic rings. The Hall–Kier alpha value is -3.76. The summed E-state index contributed by atoms with van der Waals surface area (Å²) in [5, 5.41) is 0.404. The van der Waals surface area contributed by atoms with Crippen molar-refractivity contribution in [2.24, 2.45) is 0 Å². The molecule has 1 fully saturated rings. The number of fused-ring (bicyclic) bond motifs is 1. The van der Waals surface area contributed by atoms with E-state index >= 15 is 0 Å². The summed E-state index contributed by atoms with van der Waals surface area (Å²) < 4.78 is 35.8. The van der Waals surface area contributed by atoms with Crippen LogP contribution in [0.15, 0.2) is 82.1 Å². The van der Waals surface area contributed by atoms with E-state index in [1.54, 1.807) is 51.9 Å². The molecule has 2 heterocycles. The third-order valence-corrected chi connectivity index (χ3v) is 9.06. The Morgan fingerprint density at radius 1 is 1.00 bits per heavy atom. The third kappa shape index (κ3) is 6.03. The molecule has 0 saturated heterocycles. The number of hydrogen-bond donors (Lipinski definition) is 0. The summed E-state index contributed by atoms with van der Waals surface area (Å²) in [4.78, 5) is 42.7. The van der Waals surface area contributed by atoms with Crippen molar-refractivity contribution in [1.82, 2.24) is 14.0 Å². The molecule has 222 valence electrons. The molecule has 1 aromatic heterocycles. The highest BCUT2D eigenvalue weighted by Gasteiger charge is 2.47. The standard InChI is InChI=1S/C32H27BrClF2N3O4/c33-25-12-7-21(16-26(25)34)30(41)37-14-15-38-27(19-37)29(28(40)13-6-20-4-2-1-3-5-20)39(31(38)42)22-8-10-23(11-9-22)43-24-17-32(35,36)18-24/h1-5,7-12,16,24H,6,13-15,17-19H2. The second-order valence-electron chi connectivity index (χ2n) is 10.8. The molecular formula is C32H27BrClF2N3O4. The summed E-state index contributed by atoms with van der Waals surface area (Å²) in [6, 6.07) is 21.1. The van der Waals surface area contributed by atoms with Crippen LogP contribution >= 0.6 is 27.5 Å². The van der Waals surface area contributed by atoms with E-state index in [1.165, 1.54) is 4.57 Å². The first-order valence-electron chi connectivity index (χ1n) is 13.9. The van der Waals surface area contributed by atoms with E-state index in [9.17, 15) is 23.2 Å². The molecule has 2 aliphatic rings. The fraction of sp³-hybridized carbons (Fsp3) is 0.281. The van der Waals surface area contributed by atoms with Crippen molar-refractivity contribution in [3.63, 3.8) is 0 Å². The van der Waals surface area contributed by atoms with Gasteiger partial charge in [-0.25, -0.2) is 13.6 Å². The number of rotatable bonds is 8. The summed E-state index contributed by atoms with van der Waals surface area (Å²) in [6.07, 6.45) is -0.584. The minimum atomic E-state index is -2.70. The monoisotopic (exact) mass is 669 g/mol. The number of aryl methyl sites for hydroxylation is 1. The van der Waals surface area contributed by atoms with Gasteiger partial charge in [-0.05, 0) is 70.4 Å². The number of Topliss-reactive ketones (excluding diaryl/α,β-unsaturated/α-hetero) is 1. The molecule has 0 bridgehead atoms. The molecule has 1 saturated carbocycles. The molecule has 1 aliphatic heterocycles. The molecule has 1 aliphatic carbocycles. The highest BCUT2D eigenvalue weighted by molar-refractivity contribution is 9.10. The van der Waals surface area contributed by atoms with E-state index in [-0.39, 0.29) is 62.0 Å². The summed E-state index contributed by atoms with van der Waals surface area (Å²) in [7, 11) is 0. The first-order valence-corrected chi connectivity index (χ1v) is 15.1. The number of alkyl halides is 2. The number of aromatic nitrogens is 2. The minimum Gasteiger partial charge on any atom is -0.490 e. The van der Waals surface area contributed by atoms with Crippen molar-refractivity contribution >= 4 is 39.2 Å². The largest absolute Gasteiger partial charge is 0.490 e. The van der Waals surface area contributed by atoms with Crippen LogP contribution in [0, 0.1) is 0 Å². The van der Waals surface area contributed by atoms with E-state index in [2.05, 4.69) is 15.9 Å². The summed E-state index contributed by atoms with van der Waals surface area (Å²) >= 11 is 9.57. The number of ether oxygens (including phenoxy) is 1. The lowest BCUT2D eigenvalue weighted by Crippen LogP contribution is -2.43. The molecule has 7 nitrogen and oxygen atoms in total. The highest BCUT2D eigenvalue weighted by atomic mass is 79.9. The Kier molecular flexibility index (Phi) is 8.00. The number of carbonyl (C=O) groups excluding carboxylic acids is 2. The SMILES string of the molecule is O=C(CCc1ccccc1)c1c2n(c(=O)n1-c1ccc(OC3CC(F)(F)C3)cc1)CCN(C(=O)c1ccc(Br)c(Cl)c1)C2. The lowest BCUT2D eigenvalue weighted by molar-refractivity contribution is -0.134. The van der Waals surface area contributed by atoms with Gasteiger partial charge < -0.3 is 9.64 Å². The van der Waals surface area contributed by atoms with Gasteiger partial charge in [0, 0.05) is 42.4 Å². The van der Waals surface area contributed by atoms with Gasteiger partial charge in [0.25, 0.3) is 11.8 Å². The van der Waals surface area contributed by atoms with Crippen molar-refractivity contribution < 1.29 is 23.1 Å². The predicted molar refractivity (Wildman–Crippen MR) is 162 cm³/mol. The van der Waals surface area contributed by atoms with E-state index in [0.717, 1.165) is 5.56 Å². The van der Waals surface area contributed by atoms with E-state index < -0.39 is 12.0 Å². The number of nitrogens with zero attached hydrogens (tertiary/aromatic N) is 3. The number of imidazole rings is 1. The van der Waals surface area contributed by atoms with E-state index in [1.807, 2.05) is 30.3 Å². The van der Waals surface area contributed by atoms with Crippen LogP contribution in [0.25, 0.3) is 5.69 Å². The normalized spacial score (nSPS) is 16.0. The van der Waals surface area contributed by atoms with Gasteiger partial charge in [0.1, 0.15) is 17.5 Å². The molecule has 0 spiro atoms. The van der Waals surface area contributed by atoms with Gasteiger partial charge in [-0.3, -0.25) is 18.7 Å². The highest BCUT2D eigenvalue weighted by Crippen LogP contribution is 2.39. The third-order valence-electron chi connectivity index (χ3n) is 7.83. The minimum absolute atomic E-state index is 0.0677. The smallest absolute Gasteiger partial charge is 0.333 e. The lowest BCUT2D eigenvalue weighted by Gasteiger charge is -2.34. The topological polar surface area (TPSA) is 73.5 Å². The Morgan fingerprint density at radius 3 is 2.40 bits per heavy atom. The van der Waals surface area contributed by atoms with Crippen molar-refractivity contribution in [2.45, 2.75) is 50.8 Å². The lowest BCUT2D eigenvalue weighted by atomic mass is 9.91. The second kappa shape index (κ2) is 11.7. The molecule has 0 unspecified atom stereocenters. The zero-order valence-corrected chi connectivity index (χ0v) is 25.3. The van der Waals surface area contributed by atoms with Crippen molar-refractivity contribution in [3.8, 4) is 11.4 Å². The average Bonchev–Trinajstić information content (AvgIpc) is 3.28. The van der Waals surface area contributed by atoms with Crippen LogP contribution in [-0.2, 0) is 19.5 Å². The zero-order valence-electron chi connectivity index (χ0n) is 22.9. The fourth-order valence-electron chi connectivity index (χ4n) is 5.55. The molecule has 3 aromatic carbocycles. The predicted octanol–water partition coefficient (Wildman–Crippen LogP) is 6.70. The van der Waals surface area contributed by atoms with Gasteiger partial charge in [-0.1, -0.05) is 41.9 Å². The Bertz CT molecular complexity index is 1750. The van der Waals surface area contributed by atoms with Crippen LogP contribution < -0.4 is 10.4 Å². The van der Waals surface area contributed by atoms with E-state index in [4.69, 9.17) is 16.3 Å². The summed E-state index contributed by atoms with van der Waals surface area (Å²) in [6.45, 7) is 0.561. The Labute approximate surface area is 259 Å². The fourth-order valence-corrected chi connectivity index (χ4v) is 5.97. The van der Waals surface area contributed by atoms with Crippen LogP contribution in [0.1, 0.15) is 51.4 Å². The van der Waals surface area contributed by atoms with E-state index in [0.29, 0.717) is 38.6 Å². The Balaban J connectivity index is 1.33. The molecule has 6 rings (SSSR count). The first kappa shape index (κ1) is 29.3. The van der Waals surface area contributed by atoms with Crippen LogP contribution in [0.5, 0.6) is 5.75 Å². The summed E-state index contributed by atoms with van der Waals surface area (Å²) in [5.41, 5.74) is 2.13.